The molecular formula is C16H28O6S2. The number of rotatable bonds is 14. The molecule has 3 aliphatic rings. The van der Waals surface area contributed by atoms with Crippen LogP contribution in [0.2, 0.25) is 0 Å². The Kier molecular flexibility index (Phi) is 9.00. The second-order valence-corrected chi connectivity index (χ2v) is 8.79. The van der Waals surface area contributed by atoms with Gasteiger partial charge in [0.15, 0.2) is 0 Å². The van der Waals surface area contributed by atoms with Crippen LogP contribution in [-0.4, -0.2) is 100 Å². The molecule has 0 aromatic rings. The molecule has 0 saturated carbocycles. The summed E-state index contributed by atoms with van der Waals surface area (Å²) in [7, 11) is 0. The lowest BCUT2D eigenvalue weighted by Crippen LogP contribution is -2.28. The Morgan fingerprint density at radius 3 is 1.33 bits per heavy atom. The number of thioether (sulfide) groups is 2. The maximum atomic E-state index is 5.70. The van der Waals surface area contributed by atoms with Crippen molar-refractivity contribution < 1.29 is 28.4 Å². The molecule has 3 fully saturated rings. The molecule has 24 heavy (non-hydrogen) atoms. The second kappa shape index (κ2) is 11.2. The summed E-state index contributed by atoms with van der Waals surface area (Å²) >= 11 is 3.99. The van der Waals surface area contributed by atoms with Gasteiger partial charge < -0.3 is 28.4 Å². The third-order valence-corrected chi connectivity index (χ3v) is 6.96. The van der Waals surface area contributed by atoms with Crippen LogP contribution in [0.5, 0.6) is 0 Å². The van der Waals surface area contributed by atoms with E-state index in [1.807, 2.05) is 23.5 Å². The first kappa shape index (κ1) is 19.2. The van der Waals surface area contributed by atoms with Crippen molar-refractivity contribution in [2.75, 3.05) is 77.6 Å². The van der Waals surface area contributed by atoms with Crippen molar-refractivity contribution in [3.63, 3.8) is 0 Å². The van der Waals surface area contributed by atoms with Gasteiger partial charge in [0.05, 0.1) is 66.1 Å². The molecule has 8 heteroatoms. The minimum absolute atomic E-state index is 0.341. The van der Waals surface area contributed by atoms with Crippen molar-refractivity contribution >= 4 is 23.5 Å². The van der Waals surface area contributed by atoms with Crippen LogP contribution in [0.1, 0.15) is 0 Å². The third kappa shape index (κ3) is 8.71. The van der Waals surface area contributed by atoms with Gasteiger partial charge in [-0.25, -0.2) is 0 Å². The Bertz CT molecular complexity index is 301. The number of ether oxygens (including phenoxy) is 6. The minimum atomic E-state index is 0.341. The van der Waals surface area contributed by atoms with Crippen LogP contribution >= 0.6 is 23.5 Å². The molecule has 140 valence electrons. The second-order valence-electron chi connectivity index (χ2n) is 6.12. The lowest BCUT2D eigenvalue weighted by molar-refractivity contribution is 0.0421. The molecule has 0 bridgehead atoms. The maximum absolute atomic E-state index is 5.70. The highest BCUT2D eigenvalue weighted by Gasteiger charge is 2.24. The third-order valence-electron chi connectivity index (χ3n) is 3.80. The van der Waals surface area contributed by atoms with Crippen molar-refractivity contribution in [1.82, 2.24) is 0 Å². The standard InChI is InChI=1S/C16H28O6S2/c1(17-5-13-7-21-13)3-19-9-15-11-24-16(12-23-15)10-20-4-2-18-6-14-8-22-14/h13-16H,1-12H2. The van der Waals surface area contributed by atoms with E-state index in [1.54, 1.807) is 0 Å². The Balaban J connectivity index is 1.08. The molecule has 0 radical (unpaired) electrons. The van der Waals surface area contributed by atoms with Gasteiger partial charge in [0.2, 0.25) is 0 Å². The molecule has 0 aromatic heterocycles. The predicted octanol–water partition coefficient (Wildman–Crippen LogP) is 1.07. The summed E-state index contributed by atoms with van der Waals surface area (Å²) in [6.07, 6.45) is 0.682. The first-order valence-corrected chi connectivity index (χ1v) is 10.8. The van der Waals surface area contributed by atoms with Crippen molar-refractivity contribution in [2.45, 2.75) is 22.7 Å². The molecule has 0 N–H and O–H groups in total. The van der Waals surface area contributed by atoms with Gasteiger partial charge in [-0.05, 0) is 0 Å². The maximum Gasteiger partial charge on any atom is 0.104 e. The van der Waals surface area contributed by atoms with Crippen LogP contribution in [0.4, 0.5) is 0 Å². The van der Waals surface area contributed by atoms with Crippen LogP contribution in [0.15, 0.2) is 0 Å². The fourth-order valence-corrected chi connectivity index (χ4v) is 4.99. The molecule has 3 saturated heterocycles. The van der Waals surface area contributed by atoms with Gasteiger partial charge in [0.1, 0.15) is 12.2 Å². The quantitative estimate of drug-likeness (QED) is 0.328. The van der Waals surface area contributed by atoms with Crippen LogP contribution in [-0.2, 0) is 28.4 Å². The Labute approximate surface area is 152 Å². The molecule has 3 heterocycles. The van der Waals surface area contributed by atoms with Gasteiger partial charge in [0.25, 0.3) is 0 Å². The van der Waals surface area contributed by atoms with Crippen LogP contribution in [0, 0.1) is 0 Å². The van der Waals surface area contributed by atoms with Crippen molar-refractivity contribution in [2.24, 2.45) is 0 Å². The molecule has 4 unspecified atom stereocenters. The van der Waals surface area contributed by atoms with Gasteiger partial charge >= 0.3 is 0 Å². The monoisotopic (exact) mass is 380 g/mol. The summed E-state index contributed by atoms with van der Waals surface area (Å²) in [5, 5.41) is 1.17. The average molecular weight is 381 g/mol. The summed E-state index contributed by atoms with van der Waals surface area (Å²) in [5.41, 5.74) is 0. The lowest BCUT2D eigenvalue weighted by atomic mass is 10.5. The summed E-state index contributed by atoms with van der Waals surface area (Å²) < 4.78 is 32.5. The zero-order valence-electron chi connectivity index (χ0n) is 14.1. The zero-order valence-corrected chi connectivity index (χ0v) is 15.7. The van der Waals surface area contributed by atoms with Gasteiger partial charge in [-0.1, -0.05) is 0 Å². The van der Waals surface area contributed by atoms with E-state index >= 15 is 0 Å². The van der Waals surface area contributed by atoms with Gasteiger partial charge in [-0.15, -0.1) is 0 Å². The SMILES string of the molecule is C(COCC1CSC(COCCOCC2CO2)CS1)OCC1CO1. The molecule has 3 rings (SSSR count). The smallest absolute Gasteiger partial charge is 0.104 e. The van der Waals surface area contributed by atoms with E-state index in [4.69, 9.17) is 28.4 Å². The van der Waals surface area contributed by atoms with E-state index in [2.05, 4.69) is 0 Å². The normalized spacial score (nSPS) is 32.0. The largest absolute Gasteiger partial charge is 0.378 e. The highest BCUT2D eigenvalue weighted by Crippen LogP contribution is 2.30. The topological polar surface area (TPSA) is 62.0 Å². The molecule has 0 aliphatic carbocycles. The van der Waals surface area contributed by atoms with Gasteiger partial charge in [-0.2, -0.15) is 23.5 Å². The molecular weight excluding hydrogens is 352 g/mol. The van der Waals surface area contributed by atoms with E-state index in [9.17, 15) is 0 Å². The van der Waals surface area contributed by atoms with Crippen molar-refractivity contribution in [3.05, 3.63) is 0 Å². The number of hydrogen-bond acceptors (Lipinski definition) is 8. The Hall–Kier alpha value is 0.460. The minimum Gasteiger partial charge on any atom is -0.378 e. The Morgan fingerprint density at radius 1 is 0.625 bits per heavy atom. The molecule has 0 amide bonds. The molecule has 4 atom stereocenters. The lowest BCUT2D eigenvalue weighted by Gasteiger charge is -2.27. The molecule has 0 aromatic carbocycles. The highest BCUT2D eigenvalue weighted by atomic mass is 32.2. The predicted molar refractivity (Wildman–Crippen MR) is 95.2 cm³/mol. The average Bonchev–Trinajstić information content (AvgIpc) is 3.50. The molecule has 3 aliphatic heterocycles. The van der Waals surface area contributed by atoms with E-state index in [0.717, 1.165) is 37.9 Å². The van der Waals surface area contributed by atoms with E-state index < -0.39 is 0 Å². The summed E-state index contributed by atoms with van der Waals surface area (Å²) in [4.78, 5) is 0. The molecule has 0 spiro atoms. The first-order valence-electron chi connectivity index (χ1n) is 8.67. The van der Waals surface area contributed by atoms with E-state index in [1.165, 1.54) is 0 Å². The fraction of sp³-hybridized carbons (Fsp3) is 1.00. The van der Waals surface area contributed by atoms with Crippen LogP contribution in [0.3, 0.4) is 0 Å². The van der Waals surface area contributed by atoms with Gasteiger partial charge in [-0.3, -0.25) is 0 Å². The summed E-state index contributed by atoms with van der Waals surface area (Å²) in [5.74, 6) is 2.26. The van der Waals surface area contributed by atoms with E-state index in [0.29, 0.717) is 62.3 Å². The van der Waals surface area contributed by atoms with Crippen molar-refractivity contribution in [3.8, 4) is 0 Å². The van der Waals surface area contributed by atoms with E-state index in [-0.39, 0.29) is 0 Å². The zero-order chi connectivity index (χ0) is 16.5. The highest BCUT2D eigenvalue weighted by molar-refractivity contribution is 8.07. The first-order chi connectivity index (χ1) is 11.9. The molecule has 6 nitrogen and oxygen atoms in total. The summed E-state index contributed by atoms with van der Waals surface area (Å²) in [6.45, 7) is 7.41. The number of epoxide rings is 2. The number of hydrogen-bond donors (Lipinski definition) is 0. The Morgan fingerprint density at radius 2 is 1.00 bits per heavy atom. The van der Waals surface area contributed by atoms with Crippen molar-refractivity contribution in [1.29, 1.82) is 0 Å². The summed E-state index contributed by atoms with van der Waals surface area (Å²) in [6, 6.07) is 0. The van der Waals surface area contributed by atoms with Crippen LogP contribution < -0.4 is 0 Å². The van der Waals surface area contributed by atoms with Gasteiger partial charge in [0, 0.05) is 22.0 Å². The fourth-order valence-electron chi connectivity index (χ4n) is 2.20. The van der Waals surface area contributed by atoms with Crippen LogP contribution in [0.25, 0.3) is 0 Å².